The van der Waals surface area contributed by atoms with Gasteiger partial charge in [0.25, 0.3) is 23.6 Å². The third kappa shape index (κ3) is 24.5. The molecule has 5 aromatic rings. The first-order chi connectivity index (χ1) is 47.5. The number of nitro groups is 2. The van der Waals surface area contributed by atoms with Crippen LogP contribution in [-0.2, 0) is 18.9 Å². The molecule has 0 saturated carbocycles. The first-order valence-electron chi connectivity index (χ1n) is 33.2. The molecule has 0 bridgehead atoms. The van der Waals surface area contributed by atoms with Crippen LogP contribution < -0.4 is 68.6 Å². The summed E-state index contributed by atoms with van der Waals surface area (Å²) in [5, 5.41) is 35.6. The predicted octanol–water partition coefficient (Wildman–Crippen LogP) is 13.9. The minimum Gasteiger partial charge on any atom is -0.494 e. The number of ether oxygens (including phenoxy) is 14. The minimum absolute atomic E-state index is 0.00559. The van der Waals surface area contributed by atoms with Crippen molar-refractivity contribution in [3.05, 3.63) is 103 Å². The van der Waals surface area contributed by atoms with Crippen molar-refractivity contribution in [2.75, 3.05) is 117 Å². The molecule has 0 radical (unpaired) electrons. The quantitative estimate of drug-likeness (QED) is 0.0208. The Kier molecular flexibility index (Phi) is 32.5. The highest BCUT2D eigenvalue weighted by molar-refractivity contribution is 6.14. The Morgan fingerprint density at radius 3 is 0.740 bits per heavy atom. The van der Waals surface area contributed by atoms with Crippen molar-refractivity contribution in [3.63, 3.8) is 0 Å². The van der Waals surface area contributed by atoms with Crippen molar-refractivity contribution in [1.82, 2.24) is 0 Å². The van der Waals surface area contributed by atoms with Crippen molar-refractivity contribution in [2.45, 2.75) is 133 Å². The lowest BCUT2D eigenvalue weighted by atomic mass is 10.1. The molecule has 0 heterocycles. The normalized spacial score (nSPS) is 12.5. The lowest BCUT2D eigenvalue weighted by molar-refractivity contribution is -0.385. The van der Waals surface area contributed by atoms with E-state index >= 15 is 9.59 Å². The molecule has 0 aliphatic rings. The summed E-state index contributed by atoms with van der Waals surface area (Å²) < 4.78 is 83.0. The maximum absolute atomic E-state index is 15.3. The maximum atomic E-state index is 15.3. The van der Waals surface area contributed by atoms with Gasteiger partial charge in [0.2, 0.25) is 11.5 Å². The summed E-state index contributed by atoms with van der Waals surface area (Å²) in [5.41, 5.74) is -2.19. The van der Waals surface area contributed by atoms with Crippen molar-refractivity contribution in [1.29, 1.82) is 0 Å². The zero-order valence-corrected chi connectivity index (χ0v) is 60.8. The average molecular weight is 1400 g/mol. The molecule has 5 aromatic carbocycles. The van der Waals surface area contributed by atoms with Crippen molar-refractivity contribution in [2.24, 2.45) is 23.7 Å². The van der Waals surface area contributed by atoms with E-state index in [0.29, 0.717) is 50.1 Å². The molecule has 5 rings (SSSR count). The molecule has 4 unspecified atom stereocenters. The molecule has 0 aromatic heterocycles. The standard InChI is InChI=1S/C72H100N6O22/c1-41(2)19-23-93-45(9)37-97-59-32-61(99-39-47(11)95-25-21-43(5)6)51(71(81)75-55-30-57(77(83)84)67(91-17)35-65(55)89-15)27-49(59)69(79)73-53-29-54(64(88-14)34-63(53)87-13)74-70(80)50-28-52(72(82)76-56-31-58(78(85)86)68(92-18)36-66(56)90-16)62(100-40-48(12)96-26-22-44(7)8)33-60(50)98-38-46(10)94-24-20-42(3)4/h27-36,41-48H,19-26,37-40H2,1-18H3,(H,73,79)(H,74,80)(H,75,81)(H,76,82). The Labute approximate surface area is 585 Å². The van der Waals surface area contributed by atoms with Crippen LogP contribution in [0.25, 0.3) is 0 Å². The number of nitrogens with one attached hydrogen (secondary N) is 4. The highest BCUT2D eigenvalue weighted by atomic mass is 16.6. The van der Waals surface area contributed by atoms with E-state index in [-0.39, 0.29) is 129 Å². The Hall–Kier alpha value is -9.38. The third-order valence-electron chi connectivity index (χ3n) is 15.3. The molecule has 0 fully saturated rings. The monoisotopic (exact) mass is 1400 g/mol. The first-order valence-corrected chi connectivity index (χ1v) is 33.2. The highest BCUT2D eigenvalue weighted by Crippen LogP contribution is 2.43. The van der Waals surface area contributed by atoms with Gasteiger partial charge in [-0.1, -0.05) is 55.4 Å². The first kappa shape index (κ1) is 81.3. The zero-order chi connectivity index (χ0) is 73.9. The van der Waals surface area contributed by atoms with Crippen molar-refractivity contribution < 1.29 is 95.3 Å². The molecular formula is C72H100N6O22. The van der Waals surface area contributed by atoms with Crippen LogP contribution in [0.15, 0.2) is 60.7 Å². The van der Waals surface area contributed by atoms with E-state index in [2.05, 4.69) is 76.7 Å². The molecule has 0 spiro atoms. The van der Waals surface area contributed by atoms with Crippen LogP contribution in [-0.4, -0.2) is 153 Å². The number of methoxy groups -OCH3 is 6. The molecule has 4 amide bonds. The SMILES string of the molecule is COc1cc(OC)c(NC(=O)c2cc(C(=O)Nc3cc([N+](=O)[O-])c(OC)cc3OC)c(OCC(C)OCCC(C)C)cc2OCC(C)OCCC(C)C)cc1NC(=O)c1cc(C(=O)Nc2cc([N+](=O)[O-])c(OC)cc2OC)c(OCC(C)OCCC(C)C)cc1OCC(C)OCCC(C)C. The summed E-state index contributed by atoms with van der Waals surface area (Å²) >= 11 is 0. The van der Waals surface area contributed by atoms with Gasteiger partial charge in [-0.15, -0.1) is 0 Å². The van der Waals surface area contributed by atoms with E-state index in [1.54, 1.807) is 27.7 Å². The number of hydrogen-bond donors (Lipinski definition) is 4. The number of carbonyl (C=O) groups is 4. The van der Waals surface area contributed by atoms with Crippen molar-refractivity contribution in [3.8, 4) is 57.5 Å². The van der Waals surface area contributed by atoms with Crippen LogP contribution >= 0.6 is 0 Å². The second kappa shape index (κ2) is 40.0. The molecule has 4 atom stereocenters. The molecule has 28 heteroatoms. The molecule has 550 valence electrons. The molecule has 0 saturated heterocycles. The molecule has 28 nitrogen and oxygen atoms in total. The van der Waals surface area contributed by atoms with Gasteiger partial charge in [0, 0.05) is 68.9 Å². The van der Waals surface area contributed by atoms with Crippen LogP contribution in [0.1, 0.15) is 150 Å². The number of hydrogen-bond acceptors (Lipinski definition) is 22. The summed E-state index contributed by atoms with van der Waals surface area (Å²) in [7, 11) is 7.78. The van der Waals surface area contributed by atoms with Gasteiger partial charge in [0.1, 0.15) is 72.4 Å². The Morgan fingerprint density at radius 1 is 0.320 bits per heavy atom. The van der Waals surface area contributed by atoms with Crippen LogP contribution in [0.4, 0.5) is 34.1 Å². The highest BCUT2D eigenvalue weighted by Gasteiger charge is 2.30. The molecule has 100 heavy (non-hydrogen) atoms. The summed E-state index contributed by atoms with van der Waals surface area (Å²) in [6.07, 6.45) is 1.08. The smallest absolute Gasteiger partial charge is 0.313 e. The number of carbonyl (C=O) groups excluding carboxylic acids is 4. The van der Waals surface area contributed by atoms with E-state index in [0.717, 1.165) is 37.8 Å². The largest absolute Gasteiger partial charge is 0.494 e. The van der Waals surface area contributed by atoms with Crippen LogP contribution in [0.3, 0.4) is 0 Å². The van der Waals surface area contributed by atoms with E-state index in [1.807, 2.05) is 0 Å². The fourth-order valence-corrected chi connectivity index (χ4v) is 9.45. The van der Waals surface area contributed by atoms with Gasteiger partial charge in [0.15, 0.2) is 0 Å². The molecular weight excluding hydrogens is 1300 g/mol. The van der Waals surface area contributed by atoms with E-state index in [4.69, 9.17) is 66.3 Å². The lowest BCUT2D eigenvalue weighted by Gasteiger charge is -2.22. The van der Waals surface area contributed by atoms with E-state index in [9.17, 15) is 29.8 Å². The predicted molar refractivity (Wildman–Crippen MR) is 378 cm³/mol. The average Bonchev–Trinajstić information content (AvgIpc) is 0.793. The number of benzene rings is 5. The number of amides is 4. The van der Waals surface area contributed by atoms with Crippen LogP contribution in [0, 0.1) is 43.9 Å². The molecule has 0 aliphatic heterocycles. The van der Waals surface area contributed by atoms with Gasteiger partial charge >= 0.3 is 11.4 Å². The van der Waals surface area contributed by atoms with Gasteiger partial charge < -0.3 is 87.6 Å². The summed E-state index contributed by atoms with van der Waals surface area (Å²) in [4.78, 5) is 83.3. The van der Waals surface area contributed by atoms with E-state index < -0.39 is 69.3 Å². The number of nitro benzene ring substituents is 2. The third-order valence-corrected chi connectivity index (χ3v) is 15.3. The fraction of sp³-hybridized carbons (Fsp3) is 0.528. The summed E-state index contributed by atoms with van der Waals surface area (Å²) in [6.45, 7) is 25.1. The van der Waals surface area contributed by atoms with Crippen LogP contribution in [0.2, 0.25) is 0 Å². The molecule has 4 N–H and O–H groups in total. The minimum atomic E-state index is -0.888. The zero-order valence-electron chi connectivity index (χ0n) is 60.8. The topological polar surface area (TPSA) is 332 Å². The van der Waals surface area contributed by atoms with Gasteiger partial charge in [0.05, 0.1) is 122 Å². The van der Waals surface area contributed by atoms with Crippen LogP contribution in [0.5, 0.6) is 57.5 Å². The Bertz CT molecular complexity index is 3340. The van der Waals surface area contributed by atoms with Crippen molar-refractivity contribution >= 4 is 57.8 Å². The number of anilines is 4. The van der Waals surface area contributed by atoms with Gasteiger partial charge in [-0.25, -0.2) is 0 Å². The van der Waals surface area contributed by atoms with Gasteiger partial charge in [-0.05, 0) is 95.2 Å². The lowest BCUT2D eigenvalue weighted by Crippen LogP contribution is -2.24. The second-order valence-electron chi connectivity index (χ2n) is 25.4. The summed E-state index contributed by atoms with van der Waals surface area (Å²) in [5.74, 6) is -2.58. The Balaban J connectivity index is 1.70. The van der Waals surface area contributed by atoms with E-state index in [1.165, 1.54) is 91.2 Å². The number of rotatable bonds is 44. The Morgan fingerprint density at radius 2 is 0.530 bits per heavy atom. The van der Waals surface area contributed by atoms with Gasteiger partial charge in [-0.2, -0.15) is 0 Å². The maximum Gasteiger partial charge on any atom is 0.313 e. The number of nitrogens with zero attached hydrogens (tertiary/aromatic N) is 2. The van der Waals surface area contributed by atoms with Gasteiger partial charge in [-0.3, -0.25) is 39.4 Å². The second-order valence-corrected chi connectivity index (χ2v) is 25.4. The summed E-state index contributed by atoms with van der Waals surface area (Å²) in [6, 6.07) is 12.6. The fourth-order valence-electron chi connectivity index (χ4n) is 9.45. The molecule has 0 aliphatic carbocycles.